The minimum Gasteiger partial charge on any atom is -0.495 e. The van der Waals surface area contributed by atoms with Gasteiger partial charge in [0.05, 0.1) is 12.8 Å². The first-order valence-corrected chi connectivity index (χ1v) is 8.27. The molecule has 0 spiro atoms. The van der Waals surface area contributed by atoms with Crippen LogP contribution in [0.1, 0.15) is 29.6 Å². The first-order valence-electron chi connectivity index (χ1n) is 8.27. The van der Waals surface area contributed by atoms with Gasteiger partial charge in [0.25, 0.3) is 5.91 Å². The van der Waals surface area contributed by atoms with Crippen molar-refractivity contribution in [2.75, 3.05) is 17.7 Å². The van der Waals surface area contributed by atoms with Crippen LogP contribution >= 0.6 is 0 Å². The van der Waals surface area contributed by atoms with Crippen LogP contribution in [0.2, 0.25) is 0 Å². The molecule has 1 aliphatic carbocycles. The highest BCUT2D eigenvalue weighted by atomic mass is 16.5. The summed E-state index contributed by atoms with van der Waals surface area (Å²) in [5.74, 6) is 0.358. The fraction of sp³-hybridized carbons (Fsp3) is 0.263. The summed E-state index contributed by atoms with van der Waals surface area (Å²) in [5, 5.41) is 8.49. The highest BCUT2D eigenvalue weighted by Gasteiger charge is 2.19. The van der Waals surface area contributed by atoms with Gasteiger partial charge in [0.1, 0.15) is 5.75 Å². The Kier molecular flexibility index (Phi) is 5.18. The van der Waals surface area contributed by atoms with Gasteiger partial charge < -0.3 is 20.7 Å². The van der Waals surface area contributed by atoms with Crippen molar-refractivity contribution in [1.82, 2.24) is 5.32 Å². The third-order valence-corrected chi connectivity index (χ3v) is 4.20. The van der Waals surface area contributed by atoms with E-state index in [4.69, 9.17) is 4.74 Å². The van der Waals surface area contributed by atoms with Crippen molar-refractivity contribution in [2.24, 2.45) is 0 Å². The topological polar surface area (TPSA) is 79.5 Å². The van der Waals surface area contributed by atoms with Gasteiger partial charge in [-0.15, -0.1) is 0 Å². The summed E-state index contributed by atoms with van der Waals surface area (Å²) in [6.07, 6.45) is 3.24. The minimum atomic E-state index is -0.241. The van der Waals surface area contributed by atoms with Crippen LogP contribution in [0.15, 0.2) is 48.5 Å². The second-order valence-electron chi connectivity index (χ2n) is 5.96. The van der Waals surface area contributed by atoms with Crippen molar-refractivity contribution < 1.29 is 14.3 Å². The normalized spacial score (nSPS) is 13.5. The molecular formula is C19H21N3O3. The fourth-order valence-corrected chi connectivity index (χ4v) is 2.55. The SMILES string of the molecule is COc1ccccc1NC(=O)c1ccc(NC(=O)NC2CCC2)cc1. The minimum absolute atomic E-state index is 0.212. The number of carbonyl (C=O) groups is 2. The number of amides is 3. The van der Waals surface area contributed by atoms with Crippen molar-refractivity contribution >= 4 is 23.3 Å². The molecule has 0 aromatic heterocycles. The van der Waals surface area contributed by atoms with Gasteiger partial charge in [-0.1, -0.05) is 12.1 Å². The highest BCUT2D eigenvalue weighted by molar-refractivity contribution is 6.05. The number of anilines is 2. The predicted molar refractivity (Wildman–Crippen MR) is 97.2 cm³/mol. The van der Waals surface area contributed by atoms with E-state index in [0.717, 1.165) is 12.8 Å². The molecule has 0 bridgehead atoms. The molecule has 6 nitrogen and oxygen atoms in total. The Balaban J connectivity index is 1.59. The van der Waals surface area contributed by atoms with Crippen LogP contribution < -0.4 is 20.7 Å². The van der Waals surface area contributed by atoms with Crippen LogP contribution in [0, 0.1) is 0 Å². The predicted octanol–water partition coefficient (Wildman–Crippen LogP) is 3.62. The maximum Gasteiger partial charge on any atom is 0.319 e. The number of benzene rings is 2. The van der Waals surface area contributed by atoms with Gasteiger partial charge >= 0.3 is 6.03 Å². The molecule has 130 valence electrons. The monoisotopic (exact) mass is 339 g/mol. The zero-order chi connectivity index (χ0) is 17.6. The van der Waals surface area contributed by atoms with Crippen LogP contribution in [0.25, 0.3) is 0 Å². The number of para-hydroxylation sites is 2. The number of methoxy groups -OCH3 is 1. The van der Waals surface area contributed by atoms with Gasteiger partial charge in [-0.25, -0.2) is 4.79 Å². The van der Waals surface area contributed by atoms with E-state index in [0.29, 0.717) is 22.7 Å². The summed E-state index contributed by atoms with van der Waals surface area (Å²) in [5.41, 5.74) is 1.75. The average molecular weight is 339 g/mol. The molecule has 1 saturated carbocycles. The lowest BCUT2D eigenvalue weighted by atomic mass is 9.93. The largest absolute Gasteiger partial charge is 0.495 e. The lowest BCUT2D eigenvalue weighted by Crippen LogP contribution is -2.41. The van der Waals surface area contributed by atoms with Crippen LogP contribution in [-0.2, 0) is 0 Å². The Morgan fingerprint density at radius 2 is 1.72 bits per heavy atom. The summed E-state index contributed by atoms with van der Waals surface area (Å²) in [6, 6.07) is 14.0. The number of nitrogens with one attached hydrogen (secondary N) is 3. The van der Waals surface area contributed by atoms with Gasteiger partial charge in [0.15, 0.2) is 0 Å². The fourth-order valence-electron chi connectivity index (χ4n) is 2.55. The maximum atomic E-state index is 12.3. The molecule has 3 rings (SSSR count). The van der Waals surface area contributed by atoms with E-state index in [-0.39, 0.29) is 18.0 Å². The van der Waals surface area contributed by atoms with E-state index in [1.54, 1.807) is 43.5 Å². The Bertz CT molecular complexity index is 755. The summed E-state index contributed by atoms with van der Waals surface area (Å²) in [4.78, 5) is 24.2. The molecule has 3 amide bonds. The van der Waals surface area contributed by atoms with E-state index < -0.39 is 0 Å². The number of rotatable bonds is 5. The summed E-state index contributed by atoms with van der Waals surface area (Å²) >= 11 is 0. The molecule has 0 saturated heterocycles. The summed E-state index contributed by atoms with van der Waals surface area (Å²) < 4.78 is 5.22. The Labute approximate surface area is 146 Å². The molecule has 0 aliphatic heterocycles. The van der Waals surface area contributed by atoms with Crippen LogP contribution in [-0.4, -0.2) is 25.1 Å². The molecule has 0 atom stereocenters. The first kappa shape index (κ1) is 16.8. The van der Waals surface area contributed by atoms with E-state index in [9.17, 15) is 9.59 Å². The smallest absolute Gasteiger partial charge is 0.319 e. The molecule has 2 aromatic rings. The average Bonchev–Trinajstić information content (AvgIpc) is 2.59. The highest BCUT2D eigenvalue weighted by Crippen LogP contribution is 2.24. The zero-order valence-corrected chi connectivity index (χ0v) is 14.0. The third kappa shape index (κ3) is 4.29. The Hall–Kier alpha value is -3.02. The third-order valence-electron chi connectivity index (χ3n) is 4.20. The quantitative estimate of drug-likeness (QED) is 0.778. The second kappa shape index (κ2) is 7.70. The zero-order valence-electron chi connectivity index (χ0n) is 14.0. The van der Waals surface area contributed by atoms with Gasteiger partial charge in [-0.05, 0) is 55.7 Å². The van der Waals surface area contributed by atoms with E-state index >= 15 is 0 Å². The number of carbonyl (C=O) groups excluding carboxylic acids is 2. The van der Waals surface area contributed by atoms with Gasteiger partial charge in [-0.3, -0.25) is 4.79 Å². The molecule has 1 fully saturated rings. The summed E-state index contributed by atoms with van der Waals surface area (Å²) in [7, 11) is 1.56. The molecule has 25 heavy (non-hydrogen) atoms. The van der Waals surface area contributed by atoms with E-state index in [2.05, 4.69) is 16.0 Å². The van der Waals surface area contributed by atoms with Gasteiger partial charge in [-0.2, -0.15) is 0 Å². The molecule has 2 aromatic carbocycles. The van der Waals surface area contributed by atoms with Crippen molar-refractivity contribution in [2.45, 2.75) is 25.3 Å². The number of urea groups is 1. The van der Waals surface area contributed by atoms with Crippen molar-refractivity contribution in [1.29, 1.82) is 0 Å². The molecule has 3 N–H and O–H groups in total. The van der Waals surface area contributed by atoms with Crippen LogP contribution in [0.3, 0.4) is 0 Å². The van der Waals surface area contributed by atoms with E-state index in [1.807, 2.05) is 12.1 Å². The number of ether oxygens (including phenoxy) is 1. The van der Waals surface area contributed by atoms with Crippen molar-refractivity contribution in [3.63, 3.8) is 0 Å². The molecule has 0 radical (unpaired) electrons. The lowest BCUT2D eigenvalue weighted by molar-refractivity contribution is 0.102. The van der Waals surface area contributed by atoms with Gasteiger partial charge in [0.2, 0.25) is 0 Å². The number of hydrogen-bond acceptors (Lipinski definition) is 3. The molecule has 1 aliphatic rings. The summed E-state index contributed by atoms with van der Waals surface area (Å²) in [6.45, 7) is 0. The molecule has 0 heterocycles. The second-order valence-corrected chi connectivity index (χ2v) is 5.96. The van der Waals surface area contributed by atoms with Gasteiger partial charge in [0, 0.05) is 17.3 Å². The van der Waals surface area contributed by atoms with E-state index in [1.165, 1.54) is 6.42 Å². The van der Waals surface area contributed by atoms with Crippen molar-refractivity contribution in [3.05, 3.63) is 54.1 Å². The lowest BCUT2D eigenvalue weighted by Gasteiger charge is -2.26. The van der Waals surface area contributed by atoms with Crippen molar-refractivity contribution in [3.8, 4) is 5.75 Å². The van der Waals surface area contributed by atoms with Crippen LogP contribution in [0.4, 0.5) is 16.2 Å². The molecule has 6 heteroatoms. The first-order chi connectivity index (χ1) is 12.2. The molecule has 0 unspecified atom stereocenters. The molecular weight excluding hydrogens is 318 g/mol. The maximum absolute atomic E-state index is 12.3. The Morgan fingerprint density at radius 3 is 2.36 bits per heavy atom. The standard InChI is InChI=1S/C19H21N3O3/c1-25-17-8-3-2-7-16(17)22-18(23)13-9-11-15(12-10-13)21-19(24)20-14-5-4-6-14/h2-3,7-12,14H,4-6H2,1H3,(H,22,23)(H2,20,21,24). The number of hydrogen-bond donors (Lipinski definition) is 3. The van der Waals surface area contributed by atoms with Crippen LogP contribution in [0.5, 0.6) is 5.75 Å². The Morgan fingerprint density at radius 1 is 1.00 bits per heavy atom.